The summed E-state index contributed by atoms with van der Waals surface area (Å²) in [5, 5.41) is 15.6. The van der Waals surface area contributed by atoms with Gasteiger partial charge in [0.15, 0.2) is 0 Å². The van der Waals surface area contributed by atoms with E-state index in [1.54, 1.807) is 12.1 Å². The Morgan fingerprint density at radius 2 is 1.70 bits per heavy atom. The number of amides is 4. The fourth-order valence-corrected chi connectivity index (χ4v) is 5.86. The molecule has 0 saturated carbocycles. The van der Waals surface area contributed by atoms with Gasteiger partial charge in [-0.15, -0.1) is 0 Å². The summed E-state index contributed by atoms with van der Waals surface area (Å²) < 4.78 is 14.4. The molecule has 10 heteroatoms. The molecule has 5 N–H and O–H groups in total. The Kier molecular flexibility index (Phi) is 4.93. The van der Waals surface area contributed by atoms with E-state index in [4.69, 9.17) is 5.73 Å². The summed E-state index contributed by atoms with van der Waals surface area (Å²) in [4.78, 5) is 53.8. The molecule has 37 heavy (non-hydrogen) atoms. The maximum atomic E-state index is 14.4. The van der Waals surface area contributed by atoms with E-state index in [9.17, 15) is 28.7 Å². The molecule has 4 amide bonds. The van der Waals surface area contributed by atoms with Crippen molar-refractivity contribution in [3.05, 3.63) is 89.2 Å². The number of carbonyl (C=O) groups excluding carboxylic acids is 4. The lowest BCUT2D eigenvalue weighted by molar-refractivity contribution is -0.130. The number of primary amides is 1. The minimum absolute atomic E-state index is 0.0785. The number of fused-ring (bicyclic) bond motifs is 4. The summed E-state index contributed by atoms with van der Waals surface area (Å²) in [6.45, 7) is 0. The molecule has 2 saturated heterocycles. The van der Waals surface area contributed by atoms with E-state index in [0.717, 1.165) is 10.5 Å². The quantitative estimate of drug-likeness (QED) is 0.403. The van der Waals surface area contributed by atoms with Gasteiger partial charge in [-0.2, -0.15) is 0 Å². The molecule has 4 atom stereocenters. The SMILES string of the molecule is NC(=O)c1ccc(N2C(=O)[C@H]3[C@@H](C2=O)[C@]2(N[C@@H]3Cc3ccc(O)cc3)C(=O)Nc3ccc(F)cc32)cc1. The molecular formula is C27H21FN4O5. The summed E-state index contributed by atoms with van der Waals surface area (Å²) in [5.74, 6) is -4.87. The number of carbonyl (C=O) groups is 4. The molecule has 3 aliphatic rings. The number of hydrogen-bond acceptors (Lipinski definition) is 6. The average molecular weight is 500 g/mol. The molecule has 2 fully saturated rings. The number of nitrogens with two attached hydrogens (primary N) is 1. The smallest absolute Gasteiger partial charge is 0.250 e. The number of rotatable bonds is 4. The molecule has 1 spiro atoms. The van der Waals surface area contributed by atoms with E-state index in [1.807, 2.05) is 0 Å². The monoisotopic (exact) mass is 500 g/mol. The summed E-state index contributed by atoms with van der Waals surface area (Å²) in [6.07, 6.45) is 0.272. The Labute approximate surface area is 210 Å². The molecule has 186 valence electrons. The first-order valence-corrected chi connectivity index (χ1v) is 11.7. The zero-order valence-corrected chi connectivity index (χ0v) is 19.3. The molecule has 0 bridgehead atoms. The predicted octanol–water partition coefficient (Wildman–Crippen LogP) is 1.80. The van der Waals surface area contributed by atoms with Gasteiger partial charge in [0.1, 0.15) is 17.1 Å². The largest absolute Gasteiger partial charge is 0.508 e. The Hall–Kier alpha value is -4.57. The lowest BCUT2D eigenvalue weighted by Crippen LogP contribution is -2.53. The van der Waals surface area contributed by atoms with Gasteiger partial charge in [0.05, 0.1) is 17.5 Å². The topological polar surface area (TPSA) is 142 Å². The van der Waals surface area contributed by atoms with Gasteiger partial charge >= 0.3 is 0 Å². The second-order valence-corrected chi connectivity index (χ2v) is 9.50. The number of imide groups is 1. The van der Waals surface area contributed by atoms with E-state index in [2.05, 4.69) is 10.6 Å². The highest BCUT2D eigenvalue weighted by Gasteiger charge is 2.70. The van der Waals surface area contributed by atoms with Gasteiger partial charge in [-0.1, -0.05) is 12.1 Å². The Morgan fingerprint density at radius 1 is 1.00 bits per heavy atom. The fourth-order valence-electron chi connectivity index (χ4n) is 5.86. The number of hydrogen-bond donors (Lipinski definition) is 4. The zero-order valence-electron chi connectivity index (χ0n) is 19.3. The van der Waals surface area contributed by atoms with Crippen LogP contribution in [0.25, 0.3) is 0 Å². The van der Waals surface area contributed by atoms with Crippen molar-refractivity contribution in [1.29, 1.82) is 0 Å². The van der Waals surface area contributed by atoms with Crippen LogP contribution >= 0.6 is 0 Å². The number of aromatic hydroxyl groups is 1. The number of anilines is 2. The van der Waals surface area contributed by atoms with Crippen molar-refractivity contribution in [3.63, 3.8) is 0 Å². The van der Waals surface area contributed by atoms with Gasteiger partial charge in [-0.25, -0.2) is 9.29 Å². The number of nitrogens with zero attached hydrogens (tertiary/aromatic N) is 1. The first kappa shape index (κ1) is 22.9. The lowest BCUT2D eigenvalue weighted by atomic mass is 9.76. The molecule has 6 rings (SSSR count). The Balaban J connectivity index is 1.47. The molecular weight excluding hydrogens is 479 g/mol. The third-order valence-corrected chi connectivity index (χ3v) is 7.48. The predicted molar refractivity (Wildman–Crippen MR) is 130 cm³/mol. The van der Waals surface area contributed by atoms with Crippen LogP contribution in [-0.4, -0.2) is 34.8 Å². The Morgan fingerprint density at radius 3 is 2.38 bits per heavy atom. The number of halogens is 1. The van der Waals surface area contributed by atoms with Gasteiger partial charge in [0, 0.05) is 22.9 Å². The lowest BCUT2D eigenvalue weighted by Gasteiger charge is -2.29. The molecule has 3 aromatic carbocycles. The molecule has 0 aromatic heterocycles. The molecule has 0 radical (unpaired) electrons. The second kappa shape index (κ2) is 7.97. The van der Waals surface area contributed by atoms with E-state index in [0.29, 0.717) is 5.69 Å². The van der Waals surface area contributed by atoms with Crippen LogP contribution in [0.4, 0.5) is 15.8 Å². The number of nitrogens with one attached hydrogen (secondary N) is 2. The van der Waals surface area contributed by atoms with Crippen LogP contribution in [0.3, 0.4) is 0 Å². The zero-order chi connectivity index (χ0) is 26.1. The van der Waals surface area contributed by atoms with Gasteiger partial charge in [-0.05, 0) is 66.6 Å². The van der Waals surface area contributed by atoms with Crippen molar-refractivity contribution in [3.8, 4) is 5.75 Å². The van der Waals surface area contributed by atoms with Crippen molar-refractivity contribution in [2.24, 2.45) is 17.6 Å². The second-order valence-electron chi connectivity index (χ2n) is 9.50. The minimum atomic E-state index is -1.65. The maximum Gasteiger partial charge on any atom is 0.250 e. The van der Waals surface area contributed by atoms with Crippen molar-refractivity contribution < 1.29 is 28.7 Å². The third-order valence-electron chi connectivity index (χ3n) is 7.48. The average Bonchev–Trinajstić information content (AvgIpc) is 3.45. The van der Waals surface area contributed by atoms with Crippen molar-refractivity contribution in [1.82, 2.24) is 5.32 Å². The van der Waals surface area contributed by atoms with Crippen LogP contribution in [0.5, 0.6) is 5.75 Å². The maximum absolute atomic E-state index is 14.4. The van der Waals surface area contributed by atoms with E-state index < -0.39 is 52.9 Å². The molecule has 0 unspecified atom stereocenters. The van der Waals surface area contributed by atoms with Crippen LogP contribution < -0.4 is 21.3 Å². The molecule has 0 aliphatic carbocycles. The summed E-state index contributed by atoms with van der Waals surface area (Å²) >= 11 is 0. The third kappa shape index (κ3) is 3.26. The minimum Gasteiger partial charge on any atom is -0.508 e. The van der Waals surface area contributed by atoms with Gasteiger partial charge in [0.2, 0.25) is 23.6 Å². The van der Waals surface area contributed by atoms with E-state index in [-0.39, 0.29) is 29.0 Å². The molecule has 9 nitrogen and oxygen atoms in total. The highest BCUT2D eigenvalue weighted by atomic mass is 19.1. The van der Waals surface area contributed by atoms with Crippen LogP contribution in [0.1, 0.15) is 21.5 Å². The first-order valence-electron chi connectivity index (χ1n) is 11.7. The molecule has 3 aromatic rings. The summed E-state index contributed by atoms with van der Waals surface area (Å²) in [6, 6.07) is 15.4. The highest BCUT2D eigenvalue weighted by Crippen LogP contribution is 2.54. The van der Waals surface area contributed by atoms with Crippen LogP contribution in [0, 0.1) is 17.7 Å². The molecule has 3 heterocycles. The van der Waals surface area contributed by atoms with Gasteiger partial charge in [-0.3, -0.25) is 24.5 Å². The van der Waals surface area contributed by atoms with Crippen LogP contribution in [0.15, 0.2) is 66.7 Å². The van der Waals surface area contributed by atoms with Crippen molar-refractivity contribution in [2.45, 2.75) is 18.0 Å². The number of benzene rings is 3. The van der Waals surface area contributed by atoms with Crippen molar-refractivity contribution in [2.75, 3.05) is 10.2 Å². The standard InChI is InChI=1S/C27H21FN4O5/c28-15-5-10-19-18(12-15)27(26(37)30-19)22-21(20(31-27)11-13-1-8-17(33)9-2-13)24(35)32(25(22)36)16-6-3-14(4-7-16)23(29)34/h1-10,12,20-22,31,33H,11H2,(H2,29,34)(H,30,37)/t20-,21-,22+,27+/m1/s1. The Bertz CT molecular complexity index is 1490. The van der Waals surface area contributed by atoms with E-state index in [1.165, 1.54) is 54.6 Å². The van der Waals surface area contributed by atoms with Crippen molar-refractivity contribution >= 4 is 35.0 Å². The van der Waals surface area contributed by atoms with Gasteiger partial charge < -0.3 is 16.2 Å². The van der Waals surface area contributed by atoms with Crippen LogP contribution in [-0.2, 0) is 26.3 Å². The summed E-state index contributed by atoms with van der Waals surface area (Å²) in [5.41, 5.74) is 5.53. The normalized spacial score (nSPS) is 25.9. The number of phenolic OH excluding ortho intramolecular Hbond substituents is 1. The fraction of sp³-hybridized carbons (Fsp3) is 0.185. The van der Waals surface area contributed by atoms with Crippen LogP contribution in [0.2, 0.25) is 0 Å². The van der Waals surface area contributed by atoms with E-state index >= 15 is 0 Å². The highest BCUT2D eigenvalue weighted by molar-refractivity contribution is 6.25. The first-order chi connectivity index (χ1) is 17.7. The van der Waals surface area contributed by atoms with Gasteiger partial charge in [0.25, 0.3) is 0 Å². The molecule has 3 aliphatic heterocycles. The number of phenols is 1. The summed E-state index contributed by atoms with van der Waals surface area (Å²) in [7, 11) is 0.